The van der Waals surface area contributed by atoms with E-state index < -0.39 is 17.8 Å². The molecule has 6 rings (SSSR count). The highest BCUT2D eigenvalue weighted by Gasteiger charge is 2.35. The fourth-order valence-corrected chi connectivity index (χ4v) is 4.70. The van der Waals surface area contributed by atoms with Crippen LogP contribution in [0, 0.1) is 0 Å². The summed E-state index contributed by atoms with van der Waals surface area (Å²) < 4.78 is 45.0. The fourth-order valence-electron chi connectivity index (χ4n) is 4.70. The minimum absolute atomic E-state index is 0.0441. The lowest BCUT2D eigenvalue weighted by Gasteiger charge is -2.17. The van der Waals surface area contributed by atoms with Crippen LogP contribution >= 0.6 is 0 Å². The van der Waals surface area contributed by atoms with E-state index >= 15 is 0 Å². The quantitative estimate of drug-likeness (QED) is 0.429. The average Bonchev–Trinajstić information content (AvgIpc) is 3.50. The number of fused-ring (bicyclic) bond motifs is 3. The van der Waals surface area contributed by atoms with Gasteiger partial charge in [-0.1, -0.05) is 13.0 Å². The standard InChI is InChI=1S/C24H25F3N8O/c1-2-17-15(12-34(32-17)13-9-10-13)20-31-21-14-6-5-7-16(24(25,26)27)19(14)30-23(35(21)33-20)29-18-8-3-4-11-28-22(18)36/h5-7,12-13,18H,2-4,8-11H2,1H3,(H,28,36)(H,29,30)/t18-/m1/s1. The van der Waals surface area contributed by atoms with Gasteiger partial charge < -0.3 is 10.6 Å². The minimum atomic E-state index is -4.61. The lowest BCUT2D eigenvalue weighted by molar-refractivity contribution is -0.136. The summed E-state index contributed by atoms with van der Waals surface area (Å²) in [4.78, 5) is 21.6. The number of nitrogens with one attached hydrogen (secondary N) is 2. The maximum atomic E-state index is 13.9. The Bertz CT molecular complexity index is 1470. The molecule has 4 heterocycles. The van der Waals surface area contributed by atoms with E-state index in [1.165, 1.54) is 10.6 Å². The largest absolute Gasteiger partial charge is 0.418 e. The second-order valence-corrected chi connectivity index (χ2v) is 9.34. The maximum absolute atomic E-state index is 13.9. The Morgan fingerprint density at radius 2 is 1.97 bits per heavy atom. The van der Waals surface area contributed by atoms with Crippen molar-refractivity contribution in [3.05, 3.63) is 35.7 Å². The highest BCUT2D eigenvalue weighted by Crippen LogP contribution is 2.38. The van der Waals surface area contributed by atoms with Gasteiger partial charge in [-0.3, -0.25) is 9.48 Å². The molecule has 0 unspecified atom stereocenters. The number of aromatic nitrogens is 6. The third-order valence-electron chi connectivity index (χ3n) is 6.75. The van der Waals surface area contributed by atoms with Crippen LogP contribution in [0.4, 0.5) is 19.1 Å². The van der Waals surface area contributed by atoms with E-state index in [0.29, 0.717) is 31.3 Å². The van der Waals surface area contributed by atoms with Crippen LogP contribution < -0.4 is 10.6 Å². The average molecular weight is 499 g/mol. The van der Waals surface area contributed by atoms with Gasteiger partial charge in [0.2, 0.25) is 11.9 Å². The number of alkyl halides is 3. The first kappa shape index (κ1) is 22.7. The van der Waals surface area contributed by atoms with E-state index in [4.69, 9.17) is 0 Å². The molecule has 9 nitrogen and oxygen atoms in total. The first-order chi connectivity index (χ1) is 17.3. The molecule has 1 atom stereocenters. The van der Waals surface area contributed by atoms with Gasteiger partial charge in [-0.2, -0.15) is 22.8 Å². The summed E-state index contributed by atoms with van der Waals surface area (Å²) in [6.07, 6.45) is 2.26. The second-order valence-electron chi connectivity index (χ2n) is 9.34. The van der Waals surface area contributed by atoms with Gasteiger partial charge in [-0.25, -0.2) is 9.97 Å². The summed E-state index contributed by atoms with van der Waals surface area (Å²) in [5.41, 5.74) is 0.697. The number of rotatable bonds is 5. The number of hydrogen-bond donors (Lipinski definition) is 2. The number of benzene rings is 1. The second kappa shape index (κ2) is 8.45. The third kappa shape index (κ3) is 3.94. The van der Waals surface area contributed by atoms with Gasteiger partial charge in [0.15, 0.2) is 11.5 Å². The van der Waals surface area contributed by atoms with E-state index in [2.05, 4.69) is 30.8 Å². The van der Waals surface area contributed by atoms with E-state index in [9.17, 15) is 18.0 Å². The van der Waals surface area contributed by atoms with Gasteiger partial charge in [-0.15, -0.1) is 5.10 Å². The predicted octanol–water partition coefficient (Wildman–Crippen LogP) is 4.14. The molecule has 2 N–H and O–H groups in total. The number of anilines is 1. The maximum Gasteiger partial charge on any atom is 0.418 e. The van der Waals surface area contributed by atoms with E-state index in [1.807, 2.05) is 17.8 Å². The Morgan fingerprint density at radius 1 is 1.14 bits per heavy atom. The van der Waals surface area contributed by atoms with Gasteiger partial charge in [-0.05, 0) is 50.7 Å². The van der Waals surface area contributed by atoms with Crippen LogP contribution in [0.5, 0.6) is 0 Å². The van der Waals surface area contributed by atoms with E-state index in [1.54, 1.807) is 6.07 Å². The Labute approximate surface area is 204 Å². The zero-order valence-corrected chi connectivity index (χ0v) is 19.6. The molecule has 0 bridgehead atoms. The van der Waals surface area contributed by atoms with E-state index in [-0.39, 0.29) is 28.4 Å². The Kier molecular flexibility index (Phi) is 5.34. The summed E-state index contributed by atoms with van der Waals surface area (Å²) in [6, 6.07) is 3.62. The highest BCUT2D eigenvalue weighted by molar-refractivity contribution is 5.95. The number of aryl methyl sites for hydroxylation is 1. The van der Waals surface area contributed by atoms with Crippen LogP contribution in [0.15, 0.2) is 24.4 Å². The number of para-hydroxylation sites is 1. The van der Waals surface area contributed by atoms with Crippen molar-refractivity contribution in [2.24, 2.45) is 0 Å². The van der Waals surface area contributed by atoms with Crippen molar-refractivity contribution in [1.82, 2.24) is 34.7 Å². The van der Waals surface area contributed by atoms with E-state index in [0.717, 1.165) is 43.0 Å². The van der Waals surface area contributed by atoms with Crippen LogP contribution in [0.2, 0.25) is 0 Å². The fraction of sp³-hybridized carbons (Fsp3) is 0.458. The molecule has 2 fully saturated rings. The molecule has 1 aliphatic heterocycles. The number of halogens is 3. The van der Waals surface area contributed by atoms with Crippen molar-refractivity contribution >= 4 is 28.4 Å². The number of carbonyl (C=O) groups is 1. The van der Waals surface area contributed by atoms with Crippen LogP contribution in [-0.2, 0) is 17.4 Å². The summed E-state index contributed by atoms with van der Waals surface area (Å²) in [6.45, 7) is 2.55. The number of nitrogens with zero attached hydrogens (tertiary/aromatic N) is 6. The molecule has 36 heavy (non-hydrogen) atoms. The molecule has 1 aromatic carbocycles. The van der Waals surface area contributed by atoms with Crippen LogP contribution in [0.1, 0.15) is 56.3 Å². The summed E-state index contributed by atoms with van der Waals surface area (Å²) in [5, 5.41) is 15.5. The van der Waals surface area contributed by atoms with Crippen molar-refractivity contribution in [1.29, 1.82) is 0 Å². The van der Waals surface area contributed by atoms with Crippen LogP contribution in [0.25, 0.3) is 27.9 Å². The Morgan fingerprint density at radius 3 is 2.72 bits per heavy atom. The molecule has 1 saturated carbocycles. The summed E-state index contributed by atoms with van der Waals surface area (Å²) >= 11 is 0. The van der Waals surface area contributed by atoms with Gasteiger partial charge >= 0.3 is 6.18 Å². The summed E-state index contributed by atoms with van der Waals surface area (Å²) in [7, 11) is 0. The van der Waals surface area contributed by atoms with Crippen LogP contribution in [-0.4, -0.2) is 47.9 Å². The van der Waals surface area contributed by atoms with Gasteiger partial charge in [0.1, 0.15) is 6.04 Å². The van der Waals surface area contributed by atoms with Gasteiger partial charge in [0.05, 0.1) is 28.4 Å². The lowest BCUT2D eigenvalue weighted by Crippen LogP contribution is -2.38. The molecule has 1 amide bonds. The molecule has 188 valence electrons. The zero-order chi connectivity index (χ0) is 25.0. The van der Waals surface area contributed by atoms with Crippen molar-refractivity contribution in [2.45, 2.75) is 63.7 Å². The van der Waals surface area contributed by atoms with Crippen molar-refractivity contribution < 1.29 is 18.0 Å². The summed E-state index contributed by atoms with van der Waals surface area (Å²) in [5.74, 6) is 0.187. The number of hydrogen-bond acceptors (Lipinski definition) is 6. The molecule has 0 spiro atoms. The predicted molar refractivity (Wildman–Crippen MR) is 126 cm³/mol. The number of carbonyl (C=O) groups excluding carboxylic acids is 1. The molecule has 12 heteroatoms. The molecule has 2 aliphatic rings. The topological polar surface area (TPSA) is 102 Å². The van der Waals surface area contributed by atoms with Gasteiger partial charge in [0.25, 0.3) is 0 Å². The Hall–Kier alpha value is -3.70. The molecule has 3 aromatic heterocycles. The lowest BCUT2D eigenvalue weighted by atomic mass is 10.1. The molecular weight excluding hydrogens is 473 g/mol. The molecule has 1 saturated heterocycles. The first-order valence-corrected chi connectivity index (χ1v) is 12.2. The molecule has 1 aliphatic carbocycles. The first-order valence-electron chi connectivity index (χ1n) is 12.2. The highest BCUT2D eigenvalue weighted by atomic mass is 19.4. The number of amides is 1. The zero-order valence-electron chi connectivity index (χ0n) is 19.6. The van der Waals surface area contributed by atoms with Crippen LogP contribution in [0.3, 0.4) is 0 Å². The Balaban J connectivity index is 1.56. The smallest absolute Gasteiger partial charge is 0.354 e. The molecule has 0 radical (unpaired) electrons. The van der Waals surface area contributed by atoms with Crippen molar-refractivity contribution in [2.75, 3.05) is 11.9 Å². The third-order valence-corrected chi connectivity index (χ3v) is 6.75. The normalized spacial score (nSPS) is 19.0. The SMILES string of the molecule is CCc1nn(C2CC2)cc1-c1nc2c3cccc(C(F)(F)F)c3nc(N[C@@H]3CCCCNC3=O)n2n1. The monoisotopic (exact) mass is 498 g/mol. The van der Waals surface area contributed by atoms with Crippen molar-refractivity contribution in [3.63, 3.8) is 0 Å². The minimum Gasteiger partial charge on any atom is -0.354 e. The molecular formula is C24H25F3N8O. The molecule has 4 aromatic rings. The van der Waals surface area contributed by atoms with Gasteiger partial charge in [0, 0.05) is 18.1 Å². The van der Waals surface area contributed by atoms with Crippen molar-refractivity contribution in [3.8, 4) is 11.4 Å².